The first-order valence-electron chi connectivity index (χ1n) is 5.55. The van der Waals surface area contributed by atoms with Gasteiger partial charge in [0.25, 0.3) is 0 Å². The number of hydrogen-bond acceptors (Lipinski definition) is 2. The highest BCUT2D eigenvalue weighted by Gasteiger charge is 2.05. The molecule has 3 nitrogen and oxygen atoms in total. The molecule has 1 N–H and O–H groups in total. The third-order valence-electron chi connectivity index (χ3n) is 2.22. The molecule has 0 unspecified atom stereocenters. The number of aliphatic imine (C=N–C) groups is 1. The first-order valence-corrected chi connectivity index (χ1v) is 5.55. The third kappa shape index (κ3) is 4.73. The standard InChI is InChI=1S/C13H17NO2/c1-2-3-7-12(10-13(15)16)14-11-8-5-4-6-9-11/h4-6,8-9H,2-3,7,10H2,1H3,(H,15,16). The molecule has 0 atom stereocenters. The molecule has 1 rings (SSSR count). The molecule has 1 aromatic rings. The lowest BCUT2D eigenvalue weighted by atomic mass is 10.1. The van der Waals surface area contributed by atoms with Crippen LogP contribution in [0.5, 0.6) is 0 Å². The minimum atomic E-state index is -0.814. The fourth-order valence-corrected chi connectivity index (χ4v) is 1.42. The number of carboxylic acids is 1. The average Bonchev–Trinajstić information content (AvgIpc) is 2.26. The van der Waals surface area contributed by atoms with Crippen molar-refractivity contribution in [2.45, 2.75) is 32.6 Å². The van der Waals surface area contributed by atoms with Crippen molar-refractivity contribution >= 4 is 17.4 Å². The number of para-hydroxylation sites is 1. The fourth-order valence-electron chi connectivity index (χ4n) is 1.42. The van der Waals surface area contributed by atoms with Gasteiger partial charge >= 0.3 is 5.97 Å². The Labute approximate surface area is 95.8 Å². The maximum absolute atomic E-state index is 10.7. The summed E-state index contributed by atoms with van der Waals surface area (Å²) in [5.74, 6) is -0.814. The molecule has 1 aromatic carbocycles. The molecule has 0 amide bonds. The van der Waals surface area contributed by atoms with Gasteiger partial charge in [-0.25, -0.2) is 0 Å². The molecule has 0 fully saturated rings. The Morgan fingerprint density at radius 3 is 2.56 bits per heavy atom. The van der Waals surface area contributed by atoms with Crippen molar-refractivity contribution in [1.82, 2.24) is 0 Å². The summed E-state index contributed by atoms with van der Waals surface area (Å²) in [6, 6.07) is 9.48. The molecule has 0 saturated carbocycles. The van der Waals surface area contributed by atoms with E-state index >= 15 is 0 Å². The Kier molecular flexibility index (Phi) is 5.26. The van der Waals surface area contributed by atoms with Gasteiger partial charge in [0.15, 0.2) is 0 Å². The van der Waals surface area contributed by atoms with Crippen molar-refractivity contribution < 1.29 is 9.90 Å². The van der Waals surface area contributed by atoms with Crippen molar-refractivity contribution in [1.29, 1.82) is 0 Å². The summed E-state index contributed by atoms with van der Waals surface area (Å²) in [4.78, 5) is 15.1. The van der Waals surface area contributed by atoms with E-state index in [1.165, 1.54) is 0 Å². The van der Waals surface area contributed by atoms with Crippen molar-refractivity contribution in [3.63, 3.8) is 0 Å². The zero-order valence-electron chi connectivity index (χ0n) is 9.52. The monoisotopic (exact) mass is 219 g/mol. The molecule has 0 aliphatic carbocycles. The first kappa shape index (κ1) is 12.4. The van der Waals surface area contributed by atoms with Crippen LogP contribution >= 0.6 is 0 Å². The smallest absolute Gasteiger partial charge is 0.309 e. The predicted octanol–water partition coefficient (Wildman–Crippen LogP) is 3.42. The Morgan fingerprint density at radius 1 is 1.31 bits per heavy atom. The Morgan fingerprint density at radius 2 is 2.00 bits per heavy atom. The average molecular weight is 219 g/mol. The molecule has 0 spiro atoms. The Hall–Kier alpha value is -1.64. The highest BCUT2D eigenvalue weighted by Crippen LogP contribution is 2.13. The third-order valence-corrected chi connectivity index (χ3v) is 2.22. The van der Waals surface area contributed by atoms with Gasteiger partial charge in [-0.15, -0.1) is 0 Å². The molecule has 0 aliphatic rings. The molecule has 3 heteroatoms. The zero-order chi connectivity index (χ0) is 11.8. The second-order valence-electron chi connectivity index (χ2n) is 3.69. The van der Waals surface area contributed by atoms with E-state index in [1.807, 2.05) is 30.3 Å². The van der Waals surface area contributed by atoms with Gasteiger partial charge in [-0.1, -0.05) is 31.5 Å². The van der Waals surface area contributed by atoms with E-state index in [0.29, 0.717) is 0 Å². The summed E-state index contributed by atoms with van der Waals surface area (Å²) < 4.78 is 0. The molecular formula is C13H17NO2. The van der Waals surface area contributed by atoms with Gasteiger partial charge in [0.2, 0.25) is 0 Å². The van der Waals surface area contributed by atoms with Crippen LogP contribution in [0.15, 0.2) is 35.3 Å². The maximum Gasteiger partial charge on any atom is 0.309 e. The van der Waals surface area contributed by atoms with E-state index in [-0.39, 0.29) is 6.42 Å². The van der Waals surface area contributed by atoms with Gasteiger partial charge in [-0.3, -0.25) is 9.79 Å². The van der Waals surface area contributed by atoms with E-state index in [2.05, 4.69) is 11.9 Å². The van der Waals surface area contributed by atoms with Crippen LogP contribution in [0.2, 0.25) is 0 Å². The summed E-state index contributed by atoms with van der Waals surface area (Å²) in [7, 11) is 0. The van der Waals surface area contributed by atoms with Crippen LogP contribution in [-0.2, 0) is 4.79 Å². The van der Waals surface area contributed by atoms with Crippen LogP contribution in [0, 0.1) is 0 Å². The number of hydrogen-bond donors (Lipinski definition) is 1. The minimum absolute atomic E-state index is 0.0366. The normalized spacial score (nSPS) is 11.4. The second kappa shape index (κ2) is 6.77. The highest BCUT2D eigenvalue weighted by molar-refractivity contribution is 5.99. The zero-order valence-corrected chi connectivity index (χ0v) is 9.52. The van der Waals surface area contributed by atoms with Crippen LogP contribution in [0.1, 0.15) is 32.6 Å². The van der Waals surface area contributed by atoms with Crippen molar-refractivity contribution in [2.24, 2.45) is 4.99 Å². The molecule has 0 aliphatic heterocycles. The number of carboxylic acid groups (broad SMARTS) is 1. The lowest BCUT2D eigenvalue weighted by Crippen LogP contribution is -2.06. The quantitative estimate of drug-likeness (QED) is 0.745. The minimum Gasteiger partial charge on any atom is -0.481 e. The topological polar surface area (TPSA) is 49.7 Å². The summed E-state index contributed by atoms with van der Waals surface area (Å²) >= 11 is 0. The number of unbranched alkanes of at least 4 members (excludes halogenated alkanes) is 1. The van der Waals surface area contributed by atoms with Gasteiger partial charge in [0.05, 0.1) is 12.1 Å². The molecule has 0 heterocycles. The van der Waals surface area contributed by atoms with Crippen LogP contribution in [0.3, 0.4) is 0 Å². The van der Waals surface area contributed by atoms with E-state index in [1.54, 1.807) is 0 Å². The molecule has 0 radical (unpaired) electrons. The van der Waals surface area contributed by atoms with Crippen LogP contribution < -0.4 is 0 Å². The molecule has 0 saturated heterocycles. The number of benzene rings is 1. The maximum atomic E-state index is 10.7. The number of carbonyl (C=O) groups is 1. The highest BCUT2D eigenvalue weighted by atomic mass is 16.4. The number of rotatable bonds is 6. The molecule has 86 valence electrons. The Bertz CT molecular complexity index is 357. The lowest BCUT2D eigenvalue weighted by Gasteiger charge is -2.03. The first-order chi connectivity index (χ1) is 7.72. The molecule has 0 bridgehead atoms. The Balaban J connectivity index is 2.74. The van der Waals surface area contributed by atoms with Gasteiger partial charge in [-0.05, 0) is 25.0 Å². The van der Waals surface area contributed by atoms with E-state index in [9.17, 15) is 4.79 Å². The van der Waals surface area contributed by atoms with Crippen molar-refractivity contribution in [3.05, 3.63) is 30.3 Å². The molecule has 0 aromatic heterocycles. The summed E-state index contributed by atoms with van der Waals surface area (Å²) in [5.41, 5.74) is 1.58. The number of nitrogens with zero attached hydrogens (tertiary/aromatic N) is 1. The molecular weight excluding hydrogens is 202 g/mol. The van der Waals surface area contributed by atoms with Crippen LogP contribution in [0.4, 0.5) is 5.69 Å². The summed E-state index contributed by atoms with van der Waals surface area (Å²) in [6.07, 6.45) is 2.83. The van der Waals surface area contributed by atoms with Gasteiger partial charge in [0.1, 0.15) is 0 Å². The van der Waals surface area contributed by atoms with Gasteiger partial charge < -0.3 is 5.11 Å². The SMILES string of the molecule is CCCCC(CC(=O)O)=Nc1ccccc1. The van der Waals surface area contributed by atoms with Crippen molar-refractivity contribution in [3.8, 4) is 0 Å². The van der Waals surface area contributed by atoms with Gasteiger partial charge in [-0.2, -0.15) is 0 Å². The summed E-state index contributed by atoms with van der Waals surface area (Å²) in [6.45, 7) is 2.08. The van der Waals surface area contributed by atoms with Gasteiger partial charge in [0, 0.05) is 5.71 Å². The number of aliphatic carboxylic acids is 1. The van der Waals surface area contributed by atoms with Crippen LogP contribution in [-0.4, -0.2) is 16.8 Å². The fraction of sp³-hybridized carbons (Fsp3) is 0.385. The van der Waals surface area contributed by atoms with E-state index < -0.39 is 5.97 Å². The molecule has 16 heavy (non-hydrogen) atoms. The largest absolute Gasteiger partial charge is 0.481 e. The second-order valence-corrected chi connectivity index (χ2v) is 3.69. The van der Waals surface area contributed by atoms with Crippen molar-refractivity contribution in [2.75, 3.05) is 0 Å². The summed E-state index contributed by atoms with van der Waals surface area (Å²) in [5, 5.41) is 8.78. The lowest BCUT2D eigenvalue weighted by molar-refractivity contribution is -0.135. The predicted molar refractivity (Wildman–Crippen MR) is 65.3 cm³/mol. The van der Waals surface area contributed by atoms with Crippen LogP contribution in [0.25, 0.3) is 0 Å². The van der Waals surface area contributed by atoms with E-state index in [0.717, 1.165) is 30.7 Å². The van der Waals surface area contributed by atoms with E-state index in [4.69, 9.17) is 5.11 Å².